The SMILES string of the molecule is O=c1[nH]c2nc(-c3cnn(Cc4ccccc4)c3)[nH]c2c(=O)n1CCCc1cccnc1. The summed E-state index contributed by atoms with van der Waals surface area (Å²) in [4.78, 5) is 39.7. The Hall–Kier alpha value is -4.27. The molecule has 0 radical (unpaired) electrons. The normalized spacial score (nSPS) is 11.2. The molecule has 0 aliphatic rings. The van der Waals surface area contributed by atoms with Gasteiger partial charge in [0, 0.05) is 25.1 Å². The molecular formula is C23H21N7O2. The molecule has 9 heteroatoms. The first-order valence-corrected chi connectivity index (χ1v) is 10.4. The number of aromatic amines is 2. The Labute approximate surface area is 182 Å². The van der Waals surface area contributed by atoms with Gasteiger partial charge in [0.05, 0.1) is 18.3 Å². The van der Waals surface area contributed by atoms with Gasteiger partial charge < -0.3 is 4.98 Å². The van der Waals surface area contributed by atoms with E-state index < -0.39 is 5.69 Å². The van der Waals surface area contributed by atoms with Crippen molar-refractivity contribution >= 4 is 11.2 Å². The summed E-state index contributed by atoms with van der Waals surface area (Å²) < 4.78 is 3.01. The number of rotatable bonds is 7. The van der Waals surface area contributed by atoms with Crippen LogP contribution in [0.2, 0.25) is 0 Å². The van der Waals surface area contributed by atoms with Gasteiger partial charge in [-0.1, -0.05) is 36.4 Å². The first kappa shape index (κ1) is 19.7. The van der Waals surface area contributed by atoms with Gasteiger partial charge in [0.15, 0.2) is 5.65 Å². The van der Waals surface area contributed by atoms with E-state index >= 15 is 0 Å². The highest BCUT2D eigenvalue weighted by Gasteiger charge is 2.14. The predicted octanol–water partition coefficient (Wildman–Crippen LogP) is 2.35. The van der Waals surface area contributed by atoms with Gasteiger partial charge in [-0.3, -0.25) is 24.0 Å². The summed E-state index contributed by atoms with van der Waals surface area (Å²) in [6, 6.07) is 13.8. The van der Waals surface area contributed by atoms with Crippen molar-refractivity contribution < 1.29 is 0 Å². The Bertz CT molecular complexity index is 1460. The van der Waals surface area contributed by atoms with Crippen LogP contribution in [0, 0.1) is 0 Å². The molecule has 0 saturated heterocycles. The molecule has 2 N–H and O–H groups in total. The molecule has 0 atom stereocenters. The summed E-state index contributed by atoms with van der Waals surface area (Å²) in [5.74, 6) is 0.486. The van der Waals surface area contributed by atoms with Gasteiger partial charge in [-0.25, -0.2) is 9.78 Å². The summed E-state index contributed by atoms with van der Waals surface area (Å²) in [5.41, 5.74) is 2.60. The first-order chi connectivity index (χ1) is 15.7. The fraction of sp³-hybridized carbons (Fsp3) is 0.174. The molecule has 5 aromatic rings. The van der Waals surface area contributed by atoms with Gasteiger partial charge in [-0.15, -0.1) is 0 Å². The highest BCUT2D eigenvalue weighted by atomic mass is 16.2. The van der Waals surface area contributed by atoms with Crippen molar-refractivity contribution in [2.75, 3.05) is 0 Å². The molecule has 0 spiro atoms. The van der Waals surface area contributed by atoms with E-state index in [1.165, 1.54) is 4.57 Å². The molecule has 4 heterocycles. The van der Waals surface area contributed by atoms with Crippen LogP contribution in [0.15, 0.2) is 76.8 Å². The third kappa shape index (κ3) is 4.00. The van der Waals surface area contributed by atoms with Crippen LogP contribution in [0.3, 0.4) is 0 Å². The minimum Gasteiger partial charge on any atom is -0.332 e. The van der Waals surface area contributed by atoms with Crippen molar-refractivity contribution in [2.45, 2.75) is 25.9 Å². The number of aromatic nitrogens is 7. The van der Waals surface area contributed by atoms with Crippen LogP contribution in [-0.4, -0.2) is 34.3 Å². The number of nitrogens with zero attached hydrogens (tertiary/aromatic N) is 5. The van der Waals surface area contributed by atoms with E-state index in [1.54, 1.807) is 23.3 Å². The number of hydrogen-bond acceptors (Lipinski definition) is 5. The minimum atomic E-state index is -0.466. The van der Waals surface area contributed by atoms with Gasteiger partial charge >= 0.3 is 5.69 Å². The molecule has 160 valence electrons. The van der Waals surface area contributed by atoms with Gasteiger partial charge in [0.25, 0.3) is 5.56 Å². The van der Waals surface area contributed by atoms with E-state index in [9.17, 15) is 9.59 Å². The van der Waals surface area contributed by atoms with Crippen LogP contribution in [0.25, 0.3) is 22.6 Å². The van der Waals surface area contributed by atoms with Gasteiger partial charge in [-0.2, -0.15) is 5.10 Å². The van der Waals surface area contributed by atoms with Crippen molar-refractivity contribution in [3.05, 3.63) is 99.2 Å². The number of imidazole rings is 1. The lowest BCUT2D eigenvalue weighted by Crippen LogP contribution is -2.35. The molecule has 0 unspecified atom stereocenters. The second kappa shape index (κ2) is 8.46. The third-order valence-electron chi connectivity index (χ3n) is 5.30. The van der Waals surface area contributed by atoms with Crippen LogP contribution in [0.1, 0.15) is 17.5 Å². The summed E-state index contributed by atoms with van der Waals surface area (Å²) in [6.45, 7) is 0.935. The van der Waals surface area contributed by atoms with Crippen LogP contribution >= 0.6 is 0 Å². The molecule has 9 nitrogen and oxygen atoms in total. The number of pyridine rings is 1. The Morgan fingerprint density at radius 2 is 1.78 bits per heavy atom. The topological polar surface area (TPSA) is 114 Å². The highest BCUT2D eigenvalue weighted by molar-refractivity contribution is 5.74. The lowest BCUT2D eigenvalue weighted by Gasteiger charge is -2.04. The largest absolute Gasteiger partial charge is 0.332 e. The summed E-state index contributed by atoms with van der Waals surface area (Å²) in [6.07, 6.45) is 8.42. The number of fused-ring (bicyclic) bond motifs is 1. The van der Waals surface area contributed by atoms with Crippen molar-refractivity contribution in [2.24, 2.45) is 0 Å². The van der Waals surface area contributed by atoms with Crippen LogP contribution < -0.4 is 11.2 Å². The van der Waals surface area contributed by atoms with Crippen LogP contribution in [-0.2, 0) is 19.5 Å². The quantitative estimate of drug-likeness (QED) is 0.414. The molecule has 1 aromatic carbocycles. The average Bonchev–Trinajstić information content (AvgIpc) is 3.44. The number of H-pyrrole nitrogens is 2. The Morgan fingerprint density at radius 3 is 2.59 bits per heavy atom. The van der Waals surface area contributed by atoms with Crippen molar-refractivity contribution in [3.63, 3.8) is 0 Å². The zero-order chi connectivity index (χ0) is 21.9. The maximum Gasteiger partial charge on any atom is 0.330 e. The van der Waals surface area contributed by atoms with Gasteiger partial charge in [0.2, 0.25) is 0 Å². The molecule has 0 saturated carbocycles. The minimum absolute atomic E-state index is 0.245. The highest BCUT2D eigenvalue weighted by Crippen LogP contribution is 2.17. The molecular weight excluding hydrogens is 406 g/mol. The lowest BCUT2D eigenvalue weighted by molar-refractivity contribution is 0.595. The second-order valence-electron chi connectivity index (χ2n) is 7.57. The molecule has 0 aliphatic heterocycles. The molecule has 0 bridgehead atoms. The molecule has 0 aliphatic carbocycles. The standard InChI is InChI=1S/C23H21N7O2/c31-22-19-21(28-23(32)30(22)11-5-9-16-8-4-10-24-12-16)27-20(26-19)18-13-25-29(15-18)14-17-6-2-1-3-7-17/h1-4,6-8,10,12-13,15H,5,9,11,14H2,(H,26,27)(H,28,32). The van der Waals surface area contributed by atoms with E-state index in [0.717, 1.165) is 23.1 Å². The van der Waals surface area contributed by atoms with E-state index in [2.05, 4.69) is 25.0 Å². The van der Waals surface area contributed by atoms with Crippen LogP contribution in [0.4, 0.5) is 0 Å². The van der Waals surface area contributed by atoms with E-state index in [0.29, 0.717) is 25.3 Å². The van der Waals surface area contributed by atoms with E-state index in [4.69, 9.17) is 0 Å². The monoisotopic (exact) mass is 427 g/mol. The van der Waals surface area contributed by atoms with Gasteiger partial charge in [0.1, 0.15) is 11.3 Å². The first-order valence-electron chi connectivity index (χ1n) is 10.4. The van der Waals surface area contributed by atoms with Gasteiger partial charge in [-0.05, 0) is 30.0 Å². The van der Waals surface area contributed by atoms with Crippen LogP contribution in [0.5, 0.6) is 0 Å². The third-order valence-corrected chi connectivity index (χ3v) is 5.30. The number of hydrogen-bond donors (Lipinski definition) is 2. The lowest BCUT2D eigenvalue weighted by atomic mass is 10.1. The average molecular weight is 427 g/mol. The Balaban J connectivity index is 1.38. The van der Waals surface area contributed by atoms with Crippen molar-refractivity contribution in [1.29, 1.82) is 0 Å². The molecule has 5 rings (SSSR count). The summed E-state index contributed by atoms with van der Waals surface area (Å²) in [5, 5.41) is 4.38. The molecule has 0 amide bonds. The molecule has 32 heavy (non-hydrogen) atoms. The molecule has 0 fully saturated rings. The summed E-state index contributed by atoms with van der Waals surface area (Å²) in [7, 11) is 0. The Morgan fingerprint density at radius 1 is 0.938 bits per heavy atom. The second-order valence-corrected chi connectivity index (χ2v) is 7.57. The fourth-order valence-corrected chi connectivity index (χ4v) is 3.68. The summed E-state index contributed by atoms with van der Waals surface area (Å²) >= 11 is 0. The number of aryl methyl sites for hydroxylation is 1. The maximum atomic E-state index is 12.9. The van der Waals surface area contributed by atoms with E-state index in [-0.39, 0.29) is 16.7 Å². The molecule has 4 aromatic heterocycles. The fourth-order valence-electron chi connectivity index (χ4n) is 3.68. The zero-order valence-electron chi connectivity index (χ0n) is 17.2. The van der Waals surface area contributed by atoms with Crippen molar-refractivity contribution in [3.8, 4) is 11.4 Å². The number of benzene rings is 1. The Kier molecular flexibility index (Phi) is 5.20. The zero-order valence-corrected chi connectivity index (χ0v) is 17.2. The smallest absolute Gasteiger partial charge is 0.330 e. The predicted molar refractivity (Wildman–Crippen MR) is 120 cm³/mol. The number of nitrogens with one attached hydrogen (secondary N) is 2. The van der Waals surface area contributed by atoms with E-state index in [1.807, 2.05) is 48.7 Å². The maximum absolute atomic E-state index is 12.9. The van der Waals surface area contributed by atoms with Crippen molar-refractivity contribution in [1.82, 2.24) is 34.3 Å².